The summed E-state index contributed by atoms with van der Waals surface area (Å²) in [4.78, 5) is 90.7. The lowest BCUT2D eigenvalue weighted by Crippen LogP contribution is -2.41. The number of benzene rings is 2. The number of aliphatic carboxylic acids is 1. The van der Waals surface area contributed by atoms with Gasteiger partial charge in [0, 0.05) is 97.0 Å². The van der Waals surface area contributed by atoms with E-state index in [1.807, 2.05) is 142 Å². The van der Waals surface area contributed by atoms with Gasteiger partial charge in [-0.15, -0.1) is 0 Å². The summed E-state index contributed by atoms with van der Waals surface area (Å²) < 4.78 is 18.6. The molecule has 2 aromatic carbocycles. The van der Waals surface area contributed by atoms with E-state index >= 15 is 0 Å². The Kier molecular flexibility index (Phi) is 34.3. The number of aromatic nitrogens is 6. The van der Waals surface area contributed by atoms with E-state index in [-0.39, 0.29) is 35.0 Å². The normalized spacial score (nSPS) is 11.6. The van der Waals surface area contributed by atoms with Gasteiger partial charge in [0.25, 0.3) is 11.1 Å². The molecule has 0 radical (unpaired) electrons. The van der Waals surface area contributed by atoms with Crippen LogP contribution in [-0.2, 0) is 97.7 Å². The van der Waals surface area contributed by atoms with E-state index in [9.17, 15) is 33.2 Å². The minimum atomic E-state index is -1.00. The summed E-state index contributed by atoms with van der Waals surface area (Å²) in [7, 11) is 2.47. The highest BCUT2D eigenvalue weighted by Gasteiger charge is 2.25. The number of aryl methyl sites for hydroxylation is 6. The molecule has 0 atom stereocenters. The largest absolute Gasteiger partial charge is 0.481 e. The van der Waals surface area contributed by atoms with E-state index in [0.717, 1.165) is 82.0 Å². The van der Waals surface area contributed by atoms with E-state index in [0.29, 0.717) is 82.4 Å². The van der Waals surface area contributed by atoms with Gasteiger partial charge in [-0.3, -0.25) is 52.3 Å². The van der Waals surface area contributed by atoms with E-state index < -0.39 is 13.1 Å². The fourth-order valence-corrected chi connectivity index (χ4v) is 8.10. The molecule has 0 saturated heterocycles. The Labute approximate surface area is 470 Å². The van der Waals surface area contributed by atoms with Gasteiger partial charge in [0.2, 0.25) is 5.91 Å². The van der Waals surface area contributed by atoms with Crippen molar-refractivity contribution in [2.45, 2.75) is 159 Å². The molecule has 15 nitrogen and oxygen atoms in total. The van der Waals surface area contributed by atoms with Crippen molar-refractivity contribution in [2.24, 2.45) is 14.1 Å². The third kappa shape index (κ3) is 24.5. The number of carbonyl (C=O) groups is 4. The number of rotatable bonds is 16. The molecular weight excluding hydrogens is 1000 g/mol. The number of nitrogens with zero attached hydrogens (tertiary/aromatic N) is 7. The number of pyridine rings is 2. The molecule has 79 heavy (non-hydrogen) atoms. The number of alkyl halides is 1. The van der Waals surface area contributed by atoms with Gasteiger partial charge in [0.1, 0.15) is 23.2 Å². The Morgan fingerprint density at radius 1 is 0.595 bits per heavy atom. The number of Topliss-reactive ketones (excluding diaryl/α,β-unsaturated/α-hetero) is 2. The summed E-state index contributed by atoms with van der Waals surface area (Å²) >= 11 is 0. The second-order valence-electron chi connectivity index (χ2n) is 17.6. The first-order valence-electron chi connectivity index (χ1n) is 28.5. The average Bonchev–Trinajstić information content (AvgIpc) is 3.49. The van der Waals surface area contributed by atoms with Gasteiger partial charge in [-0.1, -0.05) is 116 Å². The van der Waals surface area contributed by atoms with Crippen molar-refractivity contribution in [1.29, 1.82) is 0 Å². The molecule has 0 saturated carbocycles. The smallest absolute Gasteiger partial charge is 0.307 e. The van der Waals surface area contributed by atoms with Gasteiger partial charge in [0.15, 0.2) is 0 Å². The molecule has 1 amide bonds. The number of carboxylic acid groups (broad SMARTS) is 1. The van der Waals surface area contributed by atoms with Crippen LogP contribution in [0.2, 0.25) is 0 Å². The number of carbonyl (C=O) groups excluding carboxylic acids is 3. The van der Waals surface area contributed by atoms with Gasteiger partial charge in [-0.2, -0.15) is 0 Å². The molecule has 2 aliphatic rings. The van der Waals surface area contributed by atoms with Crippen molar-refractivity contribution in [3.05, 3.63) is 186 Å². The molecule has 0 unspecified atom stereocenters. The third-order valence-corrected chi connectivity index (χ3v) is 12.5. The van der Waals surface area contributed by atoms with Crippen LogP contribution < -0.4 is 16.4 Å². The molecule has 16 heteroatoms. The predicted molar refractivity (Wildman–Crippen MR) is 315 cm³/mol. The molecule has 2 N–H and O–H groups in total. The third-order valence-electron chi connectivity index (χ3n) is 12.5. The lowest BCUT2D eigenvalue weighted by Gasteiger charge is -2.28. The molecule has 0 spiro atoms. The average molecular weight is 1090 g/mol. The summed E-state index contributed by atoms with van der Waals surface area (Å²) in [6.45, 7) is 22.2. The van der Waals surface area contributed by atoms with Crippen molar-refractivity contribution in [1.82, 2.24) is 39.3 Å². The lowest BCUT2D eigenvalue weighted by atomic mass is 10.0. The Balaban J connectivity index is 0.000000595. The first-order chi connectivity index (χ1) is 38.6. The minimum absolute atomic E-state index is 0.00612. The van der Waals surface area contributed by atoms with Crippen LogP contribution in [0.3, 0.4) is 0 Å². The number of halogens is 1. The zero-order valence-electron chi connectivity index (χ0n) is 50.2. The van der Waals surface area contributed by atoms with Crippen molar-refractivity contribution in [3.63, 3.8) is 0 Å². The number of fused-ring (bicyclic) bond motifs is 2. The SMILES string of the molecule is CC.CC.CC.CC.Cc1nc2c(c(=O)n1C)CN(C(=O)Cc1ccc(CCC(=O)CCc3cccnc3)cc1)CC2.Cc1nc2c(c(=O)n1C)CNCC2.O=C(O)Cc1ccc(CCC(=O)CCc2cccnc2)cc1.[2H]CF. The Bertz CT molecular complexity index is 2860. The zero-order valence-corrected chi connectivity index (χ0v) is 49.2. The van der Waals surface area contributed by atoms with Gasteiger partial charge in [0.05, 0.1) is 50.4 Å². The second-order valence-corrected chi connectivity index (χ2v) is 17.6. The number of nitrogens with one attached hydrogen (secondary N) is 1. The maximum Gasteiger partial charge on any atom is 0.307 e. The molecule has 430 valence electrons. The highest BCUT2D eigenvalue weighted by molar-refractivity contribution is 5.80. The Morgan fingerprint density at radius 3 is 1.41 bits per heavy atom. The van der Waals surface area contributed by atoms with Crippen molar-refractivity contribution >= 4 is 23.4 Å². The zero-order chi connectivity index (χ0) is 60.0. The molecule has 0 aliphatic carbocycles. The minimum Gasteiger partial charge on any atom is -0.481 e. The topological polar surface area (TPSA) is 199 Å². The Morgan fingerprint density at radius 2 is 0.987 bits per heavy atom. The lowest BCUT2D eigenvalue weighted by molar-refractivity contribution is -0.136. The van der Waals surface area contributed by atoms with Gasteiger partial charge >= 0.3 is 5.97 Å². The number of hydrogen-bond donors (Lipinski definition) is 2. The fourth-order valence-electron chi connectivity index (χ4n) is 8.10. The van der Waals surface area contributed by atoms with Crippen molar-refractivity contribution in [3.8, 4) is 0 Å². The molecule has 6 aromatic rings. The molecule has 0 fully saturated rings. The summed E-state index contributed by atoms with van der Waals surface area (Å²) in [6, 6.07) is 23.0. The maximum atomic E-state index is 12.9. The van der Waals surface area contributed by atoms with Crippen LogP contribution in [0.15, 0.2) is 107 Å². The first-order valence-corrected chi connectivity index (χ1v) is 27.8. The predicted octanol–water partition coefficient (Wildman–Crippen LogP) is 10.0. The monoisotopic (exact) mass is 1090 g/mol. The van der Waals surface area contributed by atoms with E-state index in [2.05, 4.69) is 25.3 Å². The molecular formula is C63H89FN8O7. The second kappa shape index (κ2) is 39.9. The van der Waals surface area contributed by atoms with Crippen LogP contribution in [0.25, 0.3) is 0 Å². The van der Waals surface area contributed by atoms with Crippen LogP contribution in [0.4, 0.5) is 4.39 Å². The van der Waals surface area contributed by atoms with Crippen LogP contribution in [0, 0.1) is 13.8 Å². The number of carboxylic acids is 1. The fraction of sp³-hybridized carbons (Fsp3) is 0.460. The molecule has 0 bridgehead atoms. The highest BCUT2D eigenvalue weighted by atomic mass is 19.1. The molecule has 8 rings (SSSR count). The van der Waals surface area contributed by atoms with Crippen LogP contribution in [0.5, 0.6) is 0 Å². The quantitative estimate of drug-likeness (QED) is 0.0931. The van der Waals surface area contributed by atoms with Crippen molar-refractivity contribution in [2.75, 3.05) is 20.2 Å². The van der Waals surface area contributed by atoms with E-state index in [1.54, 1.807) is 48.3 Å². The summed E-state index contributed by atoms with van der Waals surface area (Å²) in [5, 5.41) is 11.9. The molecule has 6 heterocycles. The van der Waals surface area contributed by atoms with Crippen molar-refractivity contribution < 1.29 is 30.0 Å². The van der Waals surface area contributed by atoms with Crippen LogP contribution in [-0.4, -0.2) is 82.8 Å². The number of amides is 1. The summed E-state index contributed by atoms with van der Waals surface area (Å²) in [5.41, 5.74) is 9.26. The first kappa shape index (κ1) is 67.8. The van der Waals surface area contributed by atoms with E-state index in [4.69, 9.17) is 6.48 Å². The summed E-state index contributed by atoms with van der Waals surface area (Å²) in [5.74, 6) is 1.14. The van der Waals surface area contributed by atoms with Gasteiger partial charge in [-0.25, -0.2) is 9.97 Å². The molecule has 2 aliphatic heterocycles. The van der Waals surface area contributed by atoms with Gasteiger partial charge in [-0.05, 0) is 85.0 Å². The number of ketones is 2. The number of hydrogen-bond acceptors (Lipinski definition) is 11. The maximum absolute atomic E-state index is 12.9. The standard InChI is InChI=1S/C27H30N4O3.C18H19NO3.C9H13N3O.4C2H6.CH3F/c1-19-29-25-13-15-31(18-24(25)27(34)30(19)2)26(33)16-21-7-5-20(6-8-21)9-11-23(32)12-10-22-4-3-14-28-17-22;20-17(10-8-16-2-1-11-19-13-16)9-7-14-3-5-15(6-4-14)12-18(21)22;1-6-11-8-3-4-10-5-7(8)9(13)12(6)2;5*1-2/h3-8,14,17H,9-13,15-16,18H2,1-2H3;1-6,11,13H,7-10,12H2,(H,21,22);10H,3-5H2,1-2H3;4*1-2H3;1H3/i;;;;;;;1D. The summed E-state index contributed by atoms with van der Waals surface area (Å²) in [6.07, 6.45) is 13.7. The Hall–Kier alpha value is -7.33. The highest BCUT2D eigenvalue weighted by Crippen LogP contribution is 2.17. The molecule has 4 aromatic heterocycles. The van der Waals surface area contributed by atoms with Gasteiger partial charge < -0.3 is 15.3 Å². The van der Waals surface area contributed by atoms with Crippen LogP contribution in [0.1, 0.15) is 150 Å². The van der Waals surface area contributed by atoms with Crippen LogP contribution >= 0.6 is 0 Å². The van der Waals surface area contributed by atoms with E-state index in [1.165, 1.54) is 4.57 Å².